The minimum atomic E-state index is -4.69. The summed E-state index contributed by atoms with van der Waals surface area (Å²) in [6.07, 6.45) is -3.65. The van der Waals surface area contributed by atoms with Crippen LogP contribution in [0, 0.1) is 11.6 Å². The molecular formula is C21H15F5N4O4S. The fourth-order valence-corrected chi connectivity index (χ4v) is 3.80. The largest absolute Gasteiger partial charge is 0.416 e. The second-order valence-corrected chi connectivity index (χ2v) is 8.66. The Morgan fingerprint density at radius 1 is 0.914 bits per heavy atom. The molecule has 0 saturated carbocycles. The number of carbonyl (C=O) groups is 2. The van der Waals surface area contributed by atoms with Crippen LogP contribution in [-0.2, 0) is 21.0 Å². The molecule has 0 spiro atoms. The van der Waals surface area contributed by atoms with E-state index < -0.39 is 61.5 Å². The van der Waals surface area contributed by atoms with Crippen LogP contribution < -0.4 is 15.4 Å². The molecule has 0 unspecified atom stereocenters. The third kappa shape index (κ3) is 6.09. The monoisotopic (exact) mass is 514 g/mol. The fraction of sp³-hybridized carbons (Fsp3) is 0.0952. The summed E-state index contributed by atoms with van der Waals surface area (Å²) in [7, 11) is -4.56. The number of nitrogens with zero attached hydrogens (tertiary/aromatic N) is 1. The highest BCUT2D eigenvalue weighted by Crippen LogP contribution is 2.31. The number of sulfonamides is 1. The van der Waals surface area contributed by atoms with Crippen molar-refractivity contribution in [3.8, 4) is 0 Å². The van der Waals surface area contributed by atoms with Gasteiger partial charge in [0.05, 0.1) is 21.7 Å². The molecule has 0 saturated heterocycles. The molecule has 0 bridgehead atoms. The SMILES string of the molecule is CC(=O)Nc1ccc(C(=O)Nc2c(F)ccc(NS(=O)(=O)c3ccc(C(F)(F)F)cc3)c2F)cn1. The molecular weight excluding hydrogens is 499 g/mol. The Morgan fingerprint density at radius 3 is 2.11 bits per heavy atom. The summed E-state index contributed by atoms with van der Waals surface area (Å²) in [6, 6.07) is 6.34. The number of hydrogen-bond acceptors (Lipinski definition) is 5. The van der Waals surface area contributed by atoms with E-state index in [2.05, 4.69) is 10.3 Å². The maximum Gasteiger partial charge on any atom is 0.416 e. The molecule has 35 heavy (non-hydrogen) atoms. The number of halogens is 5. The van der Waals surface area contributed by atoms with Gasteiger partial charge in [0.2, 0.25) is 5.91 Å². The van der Waals surface area contributed by atoms with Gasteiger partial charge in [-0.15, -0.1) is 0 Å². The van der Waals surface area contributed by atoms with Crippen LogP contribution in [0.2, 0.25) is 0 Å². The molecule has 8 nitrogen and oxygen atoms in total. The van der Waals surface area contributed by atoms with Gasteiger partial charge in [0, 0.05) is 13.1 Å². The number of amides is 2. The lowest BCUT2D eigenvalue weighted by molar-refractivity contribution is -0.137. The number of carbonyl (C=O) groups excluding carboxylic acids is 2. The lowest BCUT2D eigenvalue weighted by Crippen LogP contribution is -2.18. The van der Waals surface area contributed by atoms with Gasteiger partial charge in [-0.3, -0.25) is 14.3 Å². The van der Waals surface area contributed by atoms with Crippen LogP contribution in [-0.4, -0.2) is 25.2 Å². The van der Waals surface area contributed by atoms with E-state index in [0.29, 0.717) is 30.3 Å². The fourth-order valence-electron chi connectivity index (χ4n) is 2.74. The number of alkyl halides is 3. The van der Waals surface area contributed by atoms with E-state index in [-0.39, 0.29) is 11.4 Å². The Morgan fingerprint density at radius 2 is 1.57 bits per heavy atom. The summed E-state index contributed by atoms with van der Waals surface area (Å²) in [5, 5.41) is 4.34. The molecule has 184 valence electrons. The van der Waals surface area contributed by atoms with Crippen molar-refractivity contribution in [1.82, 2.24) is 4.98 Å². The van der Waals surface area contributed by atoms with Gasteiger partial charge >= 0.3 is 6.18 Å². The standard InChI is InChI=1S/C21H15F5N4O4S/c1-11(31)28-17-9-2-12(10-27-17)20(32)29-19-15(22)7-8-16(18(19)23)30-35(33,34)14-5-3-13(4-6-14)21(24,25)26/h2-10,30H,1H3,(H,29,32)(H,27,28,31). The molecule has 3 rings (SSSR count). The molecule has 0 aliphatic carbocycles. The maximum atomic E-state index is 14.9. The maximum absolute atomic E-state index is 14.9. The van der Waals surface area contributed by atoms with Gasteiger partial charge in [-0.25, -0.2) is 22.2 Å². The highest BCUT2D eigenvalue weighted by atomic mass is 32.2. The number of rotatable bonds is 6. The molecule has 3 N–H and O–H groups in total. The van der Waals surface area contributed by atoms with Gasteiger partial charge < -0.3 is 10.6 Å². The van der Waals surface area contributed by atoms with Crippen molar-refractivity contribution >= 4 is 39.0 Å². The van der Waals surface area contributed by atoms with Crippen molar-refractivity contribution in [2.24, 2.45) is 0 Å². The van der Waals surface area contributed by atoms with Crippen LogP contribution in [0.1, 0.15) is 22.8 Å². The molecule has 2 amide bonds. The van der Waals surface area contributed by atoms with Gasteiger partial charge in [-0.1, -0.05) is 0 Å². The number of nitrogens with one attached hydrogen (secondary N) is 3. The average Bonchev–Trinajstić information content (AvgIpc) is 2.78. The minimum Gasteiger partial charge on any atom is -0.317 e. The van der Waals surface area contributed by atoms with E-state index in [1.165, 1.54) is 19.1 Å². The summed E-state index contributed by atoms with van der Waals surface area (Å²) in [4.78, 5) is 26.6. The molecule has 0 aliphatic rings. The third-order valence-electron chi connectivity index (χ3n) is 4.40. The lowest BCUT2D eigenvalue weighted by Gasteiger charge is -2.14. The second-order valence-electron chi connectivity index (χ2n) is 6.98. The number of anilines is 3. The molecule has 0 atom stereocenters. The normalized spacial score (nSPS) is 11.6. The van der Waals surface area contributed by atoms with E-state index >= 15 is 0 Å². The van der Waals surface area contributed by atoms with Crippen LogP contribution in [0.3, 0.4) is 0 Å². The van der Waals surface area contributed by atoms with Crippen molar-refractivity contribution in [1.29, 1.82) is 0 Å². The third-order valence-corrected chi connectivity index (χ3v) is 5.78. The average molecular weight is 514 g/mol. The van der Waals surface area contributed by atoms with Crippen molar-refractivity contribution in [3.05, 3.63) is 77.5 Å². The van der Waals surface area contributed by atoms with Crippen LogP contribution in [0.4, 0.5) is 39.1 Å². The first-order valence-corrected chi connectivity index (χ1v) is 11.0. The molecule has 0 fully saturated rings. The van der Waals surface area contributed by atoms with E-state index in [4.69, 9.17) is 0 Å². The Labute approximate surface area is 195 Å². The number of hydrogen-bond donors (Lipinski definition) is 3. The molecule has 1 heterocycles. The second kappa shape index (κ2) is 9.66. The first-order chi connectivity index (χ1) is 16.3. The highest BCUT2D eigenvalue weighted by molar-refractivity contribution is 7.92. The van der Waals surface area contributed by atoms with Gasteiger partial charge in [-0.2, -0.15) is 13.2 Å². The summed E-state index contributed by atoms with van der Waals surface area (Å²) >= 11 is 0. The topological polar surface area (TPSA) is 117 Å². The molecule has 0 aliphatic heterocycles. The van der Waals surface area contributed by atoms with Crippen LogP contribution in [0.25, 0.3) is 0 Å². The highest BCUT2D eigenvalue weighted by Gasteiger charge is 2.31. The van der Waals surface area contributed by atoms with E-state index in [1.807, 2.05) is 10.0 Å². The molecule has 3 aromatic rings. The quantitative estimate of drug-likeness (QED) is 0.422. The number of pyridine rings is 1. The van der Waals surface area contributed by atoms with Crippen LogP contribution in [0.15, 0.2) is 59.6 Å². The molecule has 1 aromatic heterocycles. The molecule has 2 aromatic carbocycles. The van der Waals surface area contributed by atoms with Crippen molar-refractivity contribution in [2.75, 3.05) is 15.4 Å². The molecule has 0 radical (unpaired) electrons. The van der Waals surface area contributed by atoms with Gasteiger partial charge in [0.1, 0.15) is 17.3 Å². The predicted octanol–water partition coefficient (Wildman–Crippen LogP) is 4.39. The Hall–Kier alpha value is -4.07. The smallest absolute Gasteiger partial charge is 0.317 e. The summed E-state index contributed by atoms with van der Waals surface area (Å²) < 4.78 is 94.0. The first-order valence-electron chi connectivity index (χ1n) is 9.51. The van der Waals surface area contributed by atoms with E-state index in [1.54, 1.807) is 0 Å². The summed E-state index contributed by atoms with van der Waals surface area (Å²) in [5.74, 6) is -3.97. The van der Waals surface area contributed by atoms with Crippen LogP contribution >= 0.6 is 0 Å². The Kier molecular flexibility index (Phi) is 7.05. The lowest BCUT2D eigenvalue weighted by atomic mass is 10.2. The zero-order chi connectivity index (χ0) is 26.0. The zero-order valence-electron chi connectivity index (χ0n) is 17.6. The van der Waals surface area contributed by atoms with Gasteiger partial charge in [-0.05, 0) is 48.5 Å². The van der Waals surface area contributed by atoms with Crippen molar-refractivity contribution in [3.63, 3.8) is 0 Å². The van der Waals surface area contributed by atoms with Crippen molar-refractivity contribution < 1.29 is 40.0 Å². The number of benzene rings is 2. The predicted molar refractivity (Wildman–Crippen MR) is 115 cm³/mol. The van der Waals surface area contributed by atoms with Crippen LogP contribution in [0.5, 0.6) is 0 Å². The van der Waals surface area contributed by atoms with E-state index in [9.17, 15) is 40.0 Å². The van der Waals surface area contributed by atoms with E-state index in [0.717, 1.165) is 12.3 Å². The Bertz CT molecular complexity index is 1380. The number of aromatic nitrogens is 1. The summed E-state index contributed by atoms with van der Waals surface area (Å²) in [5.41, 5.74) is -2.96. The Balaban J connectivity index is 1.83. The van der Waals surface area contributed by atoms with Gasteiger partial charge in [0.25, 0.3) is 15.9 Å². The minimum absolute atomic E-state index is 0.131. The summed E-state index contributed by atoms with van der Waals surface area (Å²) in [6.45, 7) is 1.24. The molecule has 14 heteroatoms. The van der Waals surface area contributed by atoms with Crippen molar-refractivity contribution in [2.45, 2.75) is 18.0 Å². The zero-order valence-corrected chi connectivity index (χ0v) is 18.4. The first kappa shape index (κ1) is 25.6. The van der Waals surface area contributed by atoms with Gasteiger partial charge in [0.15, 0.2) is 5.82 Å².